The number of aryl methyl sites for hydroxylation is 2. The van der Waals surface area contributed by atoms with E-state index >= 15 is 0 Å². The molecular formula is C21H19N7O3. The minimum atomic E-state index is -0.709. The summed E-state index contributed by atoms with van der Waals surface area (Å²) in [6.45, 7) is 1.70. The molecule has 0 aliphatic rings. The van der Waals surface area contributed by atoms with E-state index in [0.29, 0.717) is 10.8 Å². The van der Waals surface area contributed by atoms with Gasteiger partial charge in [0, 0.05) is 18.1 Å². The summed E-state index contributed by atoms with van der Waals surface area (Å²) < 4.78 is 6.45. The molecule has 4 rings (SSSR count). The maximum Gasteiger partial charge on any atom is 0.359 e. The second kappa shape index (κ2) is 8.19. The maximum absolute atomic E-state index is 12.7. The summed E-state index contributed by atoms with van der Waals surface area (Å²) in [5.41, 5.74) is 7.33. The Morgan fingerprint density at radius 2 is 1.77 bits per heavy atom. The topological polar surface area (TPSA) is 138 Å². The van der Waals surface area contributed by atoms with Crippen molar-refractivity contribution in [1.29, 1.82) is 0 Å². The Labute approximate surface area is 176 Å². The number of carbonyl (C=O) groups is 1. The lowest BCUT2D eigenvalue weighted by Crippen LogP contribution is -2.24. The zero-order chi connectivity index (χ0) is 22.0. The maximum atomic E-state index is 12.7. The number of nitrogen functional groups attached to an aromatic ring is 1. The summed E-state index contributed by atoms with van der Waals surface area (Å²) in [6, 6.07) is 14.3. The molecule has 3 N–H and O–H groups in total. The van der Waals surface area contributed by atoms with E-state index in [9.17, 15) is 9.59 Å². The van der Waals surface area contributed by atoms with Gasteiger partial charge < -0.3 is 15.8 Å². The molecule has 31 heavy (non-hydrogen) atoms. The van der Waals surface area contributed by atoms with E-state index in [1.807, 2.05) is 31.2 Å². The first-order valence-electron chi connectivity index (χ1n) is 9.38. The highest BCUT2D eigenvalue weighted by atomic mass is 16.5. The first-order valence-corrected chi connectivity index (χ1v) is 9.38. The Kier molecular flexibility index (Phi) is 5.27. The fraction of sp³-hybridized carbons (Fsp3) is 0.143. The van der Waals surface area contributed by atoms with Gasteiger partial charge in [0.25, 0.3) is 5.56 Å². The van der Waals surface area contributed by atoms with E-state index in [1.54, 1.807) is 24.3 Å². The number of hydrogen-bond donors (Lipinski definition) is 2. The Morgan fingerprint density at radius 1 is 1.06 bits per heavy atom. The number of carbonyl (C=O) groups excluding carboxylic acids is 1. The number of benzene rings is 2. The predicted octanol–water partition coefficient (Wildman–Crippen LogP) is 2.11. The summed E-state index contributed by atoms with van der Waals surface area (Å²) in [6.07, 6.45) is 0. The van der Waals surface area contributed by atoms with E-state index in [-0.39, 0.29) is 35.6 Å². The van der Waals surface area contributed by atoms with Gasteiger partial charge in [0.1, 0.15) is 0 Å². The molecule has 2 heterocycles. The summed E-state index contributed by atoms with van der Waals surface area (Å²) in [4.78, 5) is 37.3. The molecule has 0 atom stereocenters. The van der Waals surface area contributed by atoms with E-state index in [2.05, 4.69) is 25.4 Å². The predicted molar refractivity (Wildman–Crippen MR) is 115 cm³/mol. The number of nitrogens with one attached hydrogen (secondary N) is 1. The van der Waals surface area contributed by atoms with E-state index in [4.69, 9.17) is 10.5 Å². The van der Waals surface area contributed by atoms with Crippen molar-refractivity contribution < 1.29 is 9.53 Å². The molecule has 10 nitrogen and oxygen atoms in total. The van der Waals surface area contributed by atoms with Crippen molar-refractivity contribution in [2.75, 3.05) is 11.1 Å². The zero-order valence-electron chi connectivity index (χ0n) is 16.9. The van der Waals surface area contributed by atoms with Gasteiger partial charge in [-0.25, -0.2) is 9.48 Å². The van der Waals surface area contributed by atoms with Gasteiger partial charge >= 0.3 is 5.97 Å². The molecule has 0 amide bonds. The highest BCUT2D eigenvalue weighted by Gasteiger charge is 2.18. The van der Waals surface area contributed by atoms with Crippen LogP contribution in [0.4, 0.5) is 17.6 Å². The Hall–Kier alpha value is -4.34. The Bertz CT molecular complexity index is 1350. The second-order valence-corrected chi connectivity index (χ2v) is 6.77. The van der Waals surface area contributed by atoms with Crippen LogP contribution >= 0.6 is 0 Å². The van der Waals surface area contributed by atoms with Crippen LogP contribution in [0.3, 0.4) is 0 Å². The highest BCUT2D eigenvalue weighted by molar-refractivity contribution is 6.02. The smallest absolute Gasteiger partial charge is 0.359 e. The van der Waals surface area contributed by atoms with Gasteiger partial charge in [-0.2, -0.15) is 20.1 Å². The fourth-order valence-corrected chi connectivity index (χ4v) is 3.04. The third kappa shape index (κ3) is 4.17. The Morgan fingerprint density at radius 3 is 2.55 bits per heavy atom. The van der Waals surface area contributed by atoms with Gasteiger partial charge in [0.05, 0.1) is 5.39 Å². The molecule has 156 valence electrons. The van der Waals surface area contributed by atoms with Crippen LogP contribution in [0.5, 0.6) is 0 Å². The molecule has 2 aromatic carbocycles. The van der Waals surface area contributed by atoms with Crippen LogP contribution in [0.2, 0.25) is 0 Å². The second-order valence-electron chi connectivity index (χ2n) is 6.77. The van der Waals surface area contributed by atoms with Crippen molar-refractivity contribution in [2.45, 2.75) is 13.5 Å². The molecule has 0 unspecified atom stereocenters. The summed E-state index contributed by atoms with van der Waals surface area (Å²) in [5.74, 6) is -0.313. The van der Waals surface area contributed by atoms with Gasteiger partial charge in [-0.1, -0.05) is 36.4 Å². The van der Waals surface area contributed by atoms with Crippen molar-refractivity contribution >= 4 is 34.3 Å². The van der Waals surface area contributed by atoms with E-state index < -0.39 is 5.97 Å². The Balaban J connectivity index is 1.56. The summed E-state index contributed by atoms with van der Waals surface area (Å²) >= 11 is 0. The lowest BCUT2D eigenvalue weighted by Gasteiger charge is -2.10. The first-order chi connectivity index (χ1) is 14.9. The number of anilines is 3. The number of nitrogens with two attached hydrogens (primary N) is 1. The van der Waals surface area contributed by atoms with Crippen LogP contribution in [0.1, 0.15) is 21.9 Å². The number of esters is 1. The minimum Gasteiger partial charge on any atom is -0.453 e. The van der Waals surface area contributed by atoms with Gasteiger partial charge in [0.15, 0.2) is 18.1 Å². The number of nitrogens with zero attached hydrogens (tertiary/aromatic N) is 5. The number of aromatic nitrogens is 5. The summed E-state index contributed by atoms with van der Waals surface area (Å²) in [5, 5.41) is 7.92. The SMILES string of the molecule is Cc1ccccc1Nc1nc(N)nc(COC(=O)c2nn(C)c(=O)c3ccccc23)n1. The third-order valence-electron chi connectivity index (χ3n) is 4.57. The van der Waals surface area contributed by atoms with Crippen LogP contribution in [0.15, 0.2) is 53.3 Å². The van der Waals surface area contributed by atoms with Gasteiger partial charge in [0.2, 0.25) is 11.9 Å². The van der Waals surface area contributed by atoms with Crippen molar-refractivity contribution in [2.24, 2.45) is 7.05 Å². The molecule has 10 heteroatoms. The van der Waals surface area contributed by atoms with Crippen LogP contribution < -0.4 is 16.6 Å². The molecular weight excluding hydrogens is 398 g/mol. The molecule has 0 aliphatic heterocycles. The molecule has 0 fully saturated rings. The number of rotatable bonds is 5. The standard InChI is InChI=1S/C21H19N7O3/c1-12-7-3-6-10-15(12)23-21-25-16(24-20(22)26-21)11-31-19(30)17-13-8-4-5-9-14(13)18(29)28(2)27-17/h3-10H,11H2,1-2H3,(H3,22,23,24,25,26). The molecule has 0 aliphatic carbocycles. The van der Waals surface area contributed by atoms with Crippen LogP contribution in [-0.2, 0) is 18.4 Å². The van der Waals surface area contributed by atoms with Crippen LogP contribution in [0.25, 0.3) is 10.8 Å². The number of hydrogen-bond acceptors (Lipinski definition) is 9. The van der Waals surface area contributed by atoms with Crippen LogP contribution in [0, 0.1) is 6.92 Å². The molecule has 2 aromatic heterocycles. The largest absolute Gasteiger partial charge is 0.453 e. The average molecular weight is 417 g/mol. The molecule has 0 saturated heterocycles. The number of fused-ring (bicyclic) bond motifs is 1. The summed E-state index contributed by atoms with van der Waals surface area (Å²) in [7, 11) is 1.47. The van der Waals surface area contributed by atoms with Gasteiger partial charge in [-0.15, -0.1) is 0 Å². The van der Waals surface area contributed by atoms with Gasteiger partial charge in [-0.3, -0.25) is 4.79 Å². The molecule has 0 bridgehead atoms. The monoisotopic (exact) mass is 417 g/mol. The minimum absolute atomic E-state index is 0.0113. The van der Waals surface area contributed by atoms with E-state index in [1.165, 1.54) is 7.05 Å². The molecule has 4 aromatic rings. The molecule has 0 spiro atoms. The normalized spacial score (nSPS) is 10.8. The third-order valence-corrected chi connectivity index (χ3v) is 4.57. The quantitative estimate of drug-likeness (QED) is 0.467. The van der Waals surface area contributed by atoms with Crippen LogP contribution in [-0.4, -0.2) is 30.7 Å². The van der Waals surface area contributed by atoms with E-state index in [0.717, 1.165) is 15.9 Å². The molecule has 0 radical (unpaired) electrons. The molecule has 0 saturated carbocycles. The number of para-hydroxylation sites is 1. The van der Waals surface area contributed by atoms with Crippen molar-refractivity contribution in [3.8, 4) is 0 Å². The van der Waals surface area contributed by atoms with Crippen molar-refractivity contribution in [3.05, 3.63) is 76.0 Å². The van der Waals surface area contributed by atoms with Gasteiger partial charge in [-0.05, 0) is 24.6 Å². The lowest BCUT2D eigenvalue weighted by atomic mass is 10.1. The first kappa shape index (κ1) is 20.0. The lowest BCUT2D eigenvalue weighted by molar-refractivity contribution is 0.0455. The zero-order valence-corrected chi connectivity index (χ0v) is 16.9. The van der Waals surface area contributed by atoms with Crippen molar-refractivity contribution in [1.82, 2.24) is 24.7 Å². The fourth-order valence-electron chi connectivity index (χ4n) is 3.04. The van der Waals surface area contributed by atoms with Crippen molar-refractivity contribution in [3.63, 3.8) is 0 Å². The highest BCUT2D eigenvalue weighted by Crippen LogP contribution is 2.18. The average Bonchev–Trinajstić information content (AvgIpc) is 2.76. The number of ether oxygens (including phenoxy) is 1.